The number of ether oxygens (including phenoxy) is 3. The number of hydrogen-bond donors (Lipinski definition) is 2. The Morgan fingerprint density at radius 2 is 1.76 bits per heavy atom. The minimum absolute atomic E-state index is 0.227. The monoisotopic (exact) mass is 341 g/mol. The van der Waals surface area contributed by atoms with E-state index in [1.165, 1.54) is 0 Å². The molecule has 1 aliphatic carbocycles. The highest BCUT2D eigenvalue weighted by molar-refractivity contribution is 6.03. The summed E-state index contributed by atoms with van der Waals surface area (Å²) < 4.78 is 16.0. The second-order valence-electron chi connectivity index (χ2n) is 6.35. The van der Waals surface area contributed by atoms with Gasteiger partial charge in [-0.1, -0.05) is 6.07 Å². The van der Waals surface area contributed by atoms with Crippen molar-refractivity contribution in [3.63, 3.8) is 0 Å². The van der Waals surface area contributed by atoms with Crippen LogP contribution in [0.3, 0.4) is 0 Å². The number of benzene rings is 2. The van der Waals surface area contributed by atoms with Crippen LogP contribution in [-0.2, 0) is 11.2 Å². The molecule has 0 fully saturated rings. The molecule has 2 atom stereocenters. The standard InChI is InChI=1S/C19H19NO5/c1-23-11-4-5-12-14(7-11)20-18(21)19(22)9-10-6-15(24-2)16(25-3)8-13(10)17(12)19/h4-8,17,22H,9H2,1-3H3,(H,20,21)/t17-,19-/m1/s1. The predicted octanol–water partition coefficient (Wildman–Crippen LogP) is 2.08. The Hall–Kier alpha value is -2.73. The highest BCUT2D eigenvalue weighted by Gasteiger charge is 2.54. The van der Waals surface area contributed by atoms with Gasteiger partial charge in [-0.2, -0.15) is 0 Å². The van der Waals surface area contributed by atoms with Crippen LogP contribution in [0.15, 0.2) is 30.3 Å². The van der Waals surface area contributed by atoms with Gasteiger partial charge in [-0.05, 0) is 34.9 Å². The molecule has 2 aliphatic rings. The Morgan fingerprint density at radius 1 is 1.04 bits per heavy atom. The summed E-state index contributed by atoms with van der Waals surface area (Å²) in [5.41, 5.74) is 1.74. The van der Waals surface area contributed by atoms with E-state index in [-0.39, 0.29) is 6.42 Å². The molecule has 130 valence electrons. The molecule has 0 saturated carbocycles. The predicted molar refractivity (Wildman–Crippen MR) is 91.7 cm³/mol. The van der Waals surface area contributed by atoms with E-state index >= 15 is 0 Å². The fourth-order valence-corrected chi connectivity index (χ4v) is 3.90. The maximum Gasteiger partial charge on any atom is 0.257 e. The number of nitrogens with one attached hydrogen (secondary N) is 1. The van der Waals surface area contributed by atoms with Crippen molar-refractivity contribution < 1.29 is 24.1 Å². The Labute approximate surface area is 145 Å². The summed E-state index contributed by atoms with van der Waals surface area (Å²) >= 11 is 0. The lowest BCUT2D eigenvalue weighted by atomic mass is 9.78. The van der Waals surface area contributed by atoms with Crippen molar-refractivity contribution in [2.24, 2.45) is 0 Å². The van der Waals surface area contributed by atoms with Crippen molar-refractivity contribution in [2.45, 2.75) is 17.9 Å². The van der Waals surface area contributed by atoms with E-state index in [2.05, 4.69) is 5.32 Å². The van der Waals surface area contributed by atoms with Gasteiger partial charge >= 0.3 is 0 Å². The van der Waals surface area contributed by atoms with Crippen molar-refractivity contribution >= 4 is 11.6 Å². The van der Waals surface area contributed by atoms with Crippen molar-refractivity contribution in [3.05, 3.63) is 47.0 Å². The zero-order chi connectivity index (χ0) is 17.8. The molecule has 1 heterocycles. The minimum Gasteiger partial charge on any atom is -0.497 e. The number of anilines is 1. The second-order valence-corrected chi connectivity index (χ2v) is 6.35. The van der Waals surface area contributed by atoms with Gasteiger partial charge in [0.25, 0.3) is 5.91 Å². The SMILES string of the molecule is COc1ccc2c(c1)NC(=O)[C@@]1(O)Cc3cc(OC)c(OC)cc3[C@@H]21. The Balaban J connectivity index is 1.93. The highest BCUT2D eigenvalue weighted by atomic mass is 16.5. The maximum atomic E-state index is 12.7. The molecule has 0 aromatic heterocycles. The molecule has 25 heavy (non-hydrogen) atoms. The number of fused-ring (bicyclic) bond motifs is 5. The Kier molecular flexibility index (Phi) is 3.40. The number of hydrogen-bond acceptors (Lipinski definition) is 5. The molecule has 1 amide bonds. The normalized spacial score (nSPS) is 23.2. The molecule has 2 N–H and O–H groups in total. The third-order valence-electron chi connectivity index (χ3n) is 5.11. The number of amides is 1. The average Bonchev–Trinajstić information content (AvgIpc) is 2.93. The Bertz CT molecular complexity index is 878. The number of carbonyl (C=O) groups excluding carboxylic acids is 1. The molecule has 0 spiro atoms. The van der Waals surface area contributed by atoms with Crippen molar-refractivity contribution in [1.29, 1.82) is 0 Å². The summed E-state index contributed by atoms with van der Waals surface area (Å²) in [6, 6.07) is 9.17. The van der Waals surface area contributed by atoms with Crippen LogP contribution in [0.5, 0.6) is 17.2 Å². The van der Waals surface area contributed by atoms with E-state index in [0.29, 0.717) is 22.9 Å². The van der Waals surface area contributed by atoms with E-state index in [9.17, 15) is 9.90 Å². The first kappa shape index (κ1) is 15.8. The van der Waals surface area contributed by atoms with Crippen molar-refractivity contribution in [3.8, 4) is 17.2 Å². The zero-order valence-corrected chi connectivity index (χ0v) is 14.3. The van der Waals surface area contributed by atoms with Crippen molar-refractivity contribution in [2.75, 3.05) is 26.6 Å². The lowest BCUT2D eigenvalue weighted by molar-refractivity contribution is -0.135. The number of rotatable bonds is 3. The van der Waals surface area contributed by atoms with Gasteiger partial charge < -0.3 is 24.6 Å². The molecule has 6 nitrogen and oxygen atoms in total. The largest absolute Gasteiger partial charge is 0.497 e. The van der Waals surface area contributed by atoms with Crippen LogP contribution in [0.2, 0.25) is 0 Å². The molecular weight excluding hydrogens is 322 g/mol. The summed E-state index contributed by atoms with van der Waals surface area (Å²) in [6.45, 7) is 0. The Morgan fingerprint density at radius 3 is 2.44 bits per heavy atom. The van der Waals surface area contributed by atoms with E-state index in [4.69, 9.17) is 14.2 Å². The lowest BCUT2D eigenvalue weighted by Gasteiger charge is -2.35. The van der Waals surface area contributed by atoms with Gasteiger partial charge in [0.15, 0.2) is 17.1 Å². The molecular formula is C19H19NO5. The summed E-state index contributed by atoms with van der Waals surface area (Å²) in [5.74, 6) is 0.935. The van der Waals surface area contributed by atoms with E-state index in [1.807, 2.05) is 24.3 Å². The smallest absolute Gasteiger partial charge is 0.257 e. The van der Waals surface area contributed by atoms with Crippen LogP contribution in [0.4, 0.5) is 5.69 Å². The van der Waals surface area contributed by atoms with Gasteiger partial charge in [-0.3, -0.25) is 4.79 Å². The lowest BCUT2D eigenvalue weighted by Crippen LogP contribution is -2.50. The van der Waals surface area contributed by atoms with E-state index in [1.54, 1.807) is 27.4 Å². The van der Waals surface area contributed by atoms with Crippen LogP contribution < -0.4 is 19.5 Å². The molecule has 2 aromatic rings. The number of aliphatic hydroxyl groups is 1. The fraction of sp³-hybridized carbons (Fsp3) is 0.316. The first-order chi connectivity index (χ1) is 12.0. The van der Waals surface area contributed by atoms with Crippen LogP contribution in [-0.4, -0.2) is 37.9 Å². The van der Waals surface area contributed by atoms with Crippen LogP contribution in [0, 0.1) is 0 Å². The van der Waals surface area contributed by atoms with Crippen molar-refractivity contribution in [1.82, 2.24) is 0 Å². The summed E-state index contributed by atoms with van der Waals surface area (Å²) in [5, 5.41) is 14.0. The van der Waals surface area contributed by atoms with Gasteiger partial charge in [0.05, 0.1) is 21.3 Å². The number of methoxy groups -OCH3 is 3. The molecule has 2 aromatic carbocycles. The van der Waals surface area contributed by atoms with Crippen LogP contribution >= 0.6 is 0 Å². The van der Waals surface area contributed by atoms with E-state index < -0.39 is 17.4 Å². The molecule has 0 unspecified atom stereocenters. The minimum atomic E-state index is -1.53. The fourth-order valence-electron chi connectivity index (χ4n) is 3.90. The average molecular weight is 341 g/mol. The first-order valence-corrected chi connectivity index (χ1v) is 7.98. The highest BCUT2D eigenvalue weighted by Crippen LogP contribution is 2.53. The van der Waals surface area contributed by atoms with Crippen LogP contribution in [0.25, 0.3) is 0 Å². The zero-order valence-electron chi connectivity index (χ0n) is 14.3. The van der Waals surface area contributed by atoms with E-state index in [0.717, 1.165) is 16.7 Å². The third kappa shape index (κ3) is 2.10. The molecule has 0 bridgehead atoms. The second kappa shape index (κ2) is 5.39. The molecule has 0 saturated heterocycles. The third-order valence-corrected chi connectivity index (χ3v) is 5.11. The topological polar surface area (TPSA) is 77.0 Å². The number of carbonyl (C=O) groups is 1. The van der Waals surface area contributed by atoms with Gasteiger partial charge in [0.1, 0.15) is 5.75 Å². The van der Waals surface area contributed by atoms with Gasteiger partial charge in [-0.15, -0.1) is 0 Å². The first-order valence-electron chi connectivity index (χ1n) is 7.98. The van der Waals surface area contributed by atoms with Gasteiger partial charge in [0, 0.05) is 24.1 Å². The maximum absolute atomic E-state index is 12.7. The van der Waals surface area contributed by atoms with Crippen LogP contribution in [0.1, 0.15) is 22.6 Å². The molecule has 6 heteroatoms. The molecule has 1 aliphatic heterocycles. The summed E-state index contributed by atoms with van der Waals surface area (Å²) in [7, 11) is 4.71. The van der Waals surface area contributed by atoms with Gasteiger partial charge in [0.2, 0.25) is 0 Å². The quantitative estimate of drug-likeness (QED) is 0.894. The molecule has 4 rings (SSSR count). The molecule has 0 radical (unpaired) electrons. The van der Waals surface area contributed by atoms with Gasteiger partial charge in [-0.25, -0.2) is 0 Å². The summed E-state index contributed by atoms with van der Waals surface area (Å²) in [6.07, 6.45) is 0.227. The summed E-state index contributed by atoms with van der Waals surface area (Å²) in [4.78, 5) is 12.7.